The Bertz CT molecular complexity index is 1050. The van der Waals surface area contributed by atoms with Crippen molar-refractivity contribution >= 4 is 22.4 Å². The van der Waals surface area contributed by atoms with E-state index in [1.807, 2.05) is 48.5 Å². The Morgan fingerprint density at radius 3 is 2.74 bits per heavy atom. The van der Waals surface area contributed by atoms with Crippen LogP contribution < -0.4 is 10.1 Å². The van der Waals surface area contributed by atoms with Crippen molar-refractivity contribution in [2.24, 2.45) is 0 Å². The summed E-state index contributed by atoms with van der Waals surface area (Å²) in [6.07, 6.45) is 5.85. The van der Waals surface area contributed by atoms with Gasteiger partial charge in [-0.2, -0.15) is 4.52 Å². The second-order valence-corrected chi connectivity index (χ2v) is 6.10. The molecule has 0 amide bonds. The van der Waals surface area contributed by atoms with Crippen molar-refractivity contribution in [1.82, 2.24) is 19.6 Å². The van der Waals surface area contributed by atoms with Gasteiger partial charge >= 0.3 is 0 Å². The van der Waals surface area contributed by atoms with Gasteiger partial charge in [-0.15, -0.1) is 5.10 Å². The van der Waals surface area contributed by atoms with Crippen molar-refractivity contribution in [3.05, 3.63) is 86.7 Å². The molecule has 0 atom stereocenters. The Hall–Kier alpha value is -2.86. The van der Waals surface area contributed by atoms with E-state index in [1.54, 1.807) is 12.4 Å². The lowest BCUT2D eigenvalue weighted by Gasteiger charge is -1.94. The number of hydrogen-bond acceptors (Lipinski definition) is 5. The number of fused-ring (bicyclic) bond motifs is 1. The van der Waals surface area contributed by atoms with Crippen LogP contribution in [-0.2, 0) is 6.42 Å². The molecule has 0 unspecified atom stereocenters. The van der Waals surface area contributed by atoms with Gasteiger partial charge in [-0.05, 0) is 23.3 Å². The summed E-state index contributed by atoms with van der Waals surface area (Å²) in [6.45, 7) is 0. The van der Waals surface area contributed by atoms with Gasteiger partial charge in [-0.25, -0.2) is 4.98 Å². The summed E-state index contributed by atoms with van der Waals surface area (Å²) in [5.41, 5.74) is 1.87. The second kappa shape index (κ2) is 5.73. The molecule has 0 N–H and O–H groups in total. The van der Waals surface area contributed by atoms with Crippen LogP contribution in [0.5, 0.6) is 0 Å². The zero-order valence-electron chi connectivity index (χ0n) is 12.1. The van der Waals surface area contributed by atoms with E-state index in [1.165, 1.54) is 15.9 Å². The van der Waals surface area contributed by atoms with E-state index >= 15 is 0 Å². The van der Waals surface area contributed by atoms with Gasteiger partial charge < -0.3 is 0 Å². The zero-order valence-corrected chi connectivity index (χ0v) is 12.9. The lowest BCUT2D eigenvalue weighted by molar-refractivity contribution is 0.879. The maximum absolute atomic E-state index is 12.4. The minimum absolute atomic E-state index is 0.138. The standard InChI is InChI=1S/C17H12N4OS/c22-16-14(9-13-7-4-8-18-11-13)23-17-19-15(20-21(16)17)10-12-5-2-1-3-6-12/h1-9,11H,10H2/b14-9-. The third kappa shape index (κ3) is 2.76. The Labute approximate surface area is 135 Å². The molecule has 4 rings (SSSR count). The minimum Gasteiger partial charge on any atom is -0.266 e. The summed E-state index contributed by atoms with van der Waals surface area (Å²) in [6, 6.07) is 13.7. The highest BCUT2D eigenvalue weighted by Crippen LogP contribution is 2.08. The molecule has 3 heterocycles. The van der Waals surface area contributed by atoms with Gasteiger partial charge in [-0.1, -0.05) is 47.7 Å². The van der Waals surface area contributed by atoms with E-state index in [2.05, 4.69) is 15.1 Å². The molecule has 0 radical (unpaired) electrons. The first-order chi connectivity index (χ1) is 11.3. The van der Waals surface area contributed by atoms with Gasteiger partial charge in [-0.3, -0.25) is 9.78 Å². The first-order valence-corrected chi connectivity index (χ1v) is 7.95. The van der Waals surface area contributed by atoms with Crippen LogP contribution in [0.15, 0.2) is 59.7 Å². The van der Waals surface area contributed by atoms with E-state index in [4.69, 9.17) is 0 Å². The predicted molar refractivity (Wildman–Crippen MR) is 89.4 cm³/mol. The number of rotatable bonds is 3. The van der Waals surface area contributed by atoms with Crippen molar-refractivity contribution in [2.75, 3.05) is 0 Å². The van der Waals surface area contributed by atoms with E-state index < -0.39 is 0 Å². The Morgan fingerprint density at radius 2 is 2.00 bits per heavy atom. The highest BCUT2D eigenvalue weighted by Gasteiger charge is 2.10. The number of pyridine rings is 1. The van der Waals surface area contributed by atoms with Gasteiger partial charge in [0.2, 0.25) is 4.96 Å². The van der Waals surface area contributed by atoms with Crippen molar-refractivity contribution in [3.8, 4) is 0 Å². The smallest absolute Gasteiger partial charge is 0.266 e. The lowest BCUT2D eigenvalue weighted by atomic mass is 10.1. The molecule has 3 aromatic heterocycles. The van der Waals surface area contributed by atoms with Crippen molar-refractivity contribution in [2.45, 2.75) is 6.42 Å². The minimum atomic E-state index is -0.138. The molecule has 0 saturated carbocycles. The summed E-state index contributed by atoms with van der Waals surface area (Å²) in [4.78, 5) is 21.6. The molecule has 5 nitrogen and oxygen atoms in total. The Morgan fingerprint density at radius 1 is 1.13 bits per heavy atom. The number of hydrogen-bond donors (Lipinski definition) is 0. The molecule has 23 heavy (non-hydrogen) atoms. The van der Waals surface area contributed by atoms with Crippen LogP contribution in [-0.4, -0.2) is 19.6 Å². The summed E-state index contributed by atoms with van der Waals surface area (Å²) < 4.78 is 1.99. The summed E-state index contributed by atoms with van der Waals surface area (Å²) in [7, 11) is 0. The molecular weight excluding hydrogens is 308 g/mol. The number of benzene rings is 1. The maximum Gasteiger partial charge on any atom is 0.291 e. The maximum atomic E-state index is 12.4. The van der Waals surface area contributed by atoms with Gasteiger partial charge in [0, 0.05) is 18.8 Å². The topological polar surface area (TPSA) is 60.2 Å². The molecule has 112 valence electrons. The van der Waals surface area contributed by atoms with E-state index in [0.29, 0.717) is 21.7 Å². The van der Waals surface area contributed by atoms with Crippen molar-refractivity contribution < 1.29 is 0 Å². The van der Waals surface area contributed by atoms with Gasteiger partial charge in [0.05, 0.1) is 4.53 Å². The lowest BCUT2D eigenvalue weighted by Crippen LogP contribution is -2.23. The number of thiazole rings is 1. The summed E-state index contributed by atoms with van der Waals surface area (Å²) in [5.74, 6) is 0.660. The second-order valence-electron chi connectivity index (χ2n) is 5.09. The van der Waals surface area contributed by atoms with Crippen molar-refractivity contribution in [1.29, 1.82) is 0 Å². The third-order valence-electron chi connectivity index (χ3n) is 3.41. The normalized spacial score (nSPS) is 12.1. The Kier molecular flexibility index (Phi) is 3.44. The van der Waals surface area contributed by atoms with E-state index in [9.17, 15) is 4.79 Å². The van der Waals surface area contributed by atoms with Crippen LogP contribution >= 0.6 is 11.3 Å². The molecule has 0 saturated heterocycles. The summed E-state index contributed by atoms with van der Waals surface area (Å²) in [5, 5.41) is 4.34. The molecule has 6 heteroatoms. The zero-order chi connectivity index (χ0) is 15.6. The molecule has 0 aliphatic heterocycles. The molecule has 0 bridgehead atoms. The summed E-state index contributed by atoms with van der Waals surface area (Å²) >= 11 is 1.34. The molecular formula is C17H12N4OS. The van der Waals surface area contributed by atoms with Crippen LogP contribution in [0.2, 0.25) is 0 Å². The molecule has 4 aromatic rings. The van der Waals surface area contributed by atoms with E-state index in [-0.39, 0.29) is 5.56 Å². The number of aromatic nitrogens is 4. The SMILES string of the molecule is O=c1/c(=C/c2cccnc2)sc2nc(Cc3ccccc3)nn12. The van der Waals surface area contributed by atoms with Crippen LogP contribution in [0.1, 0.15) is 17.0 Å². The quantitative estimate of drug-likeness (QED) is 0.576. The van der Waals surface area contributed by atoms with Crippen LogP contribution in [0, 0.1) is 0 Å². The van der Waals surface area contributed by atoms with Crippen LogP contribution in [0.3, 0.4) is 0 Å². The fourth-order valence-corrected chi connectivity index (χ4v) is 3.27. The first kappa shape index (κ1) is 13.8. The average molecular weight is 320 g/mol. The van der Waals surface area contributed by atoms with Crippen molar-refractivity contribution in [3.63, 3.8) is 0 Å². The molecule has 0 aliphatic rings. The fourth-order valence-electron chi connectivity index (χ4n) is 2.34. The molecule has 0 aliphatic carbocycles. The number of nitrogens with zero attached hydrogens (tertiary/aromatic N) is 4. The Balaban J connectivity index is 1.72. The molecule has 1 aromatic carbocycles. The van der Waals surface area contributed by atoms with Gasteiger partial charge in [0.1, 0.15) is 0 Å². The largest absolute Gasteiger partial charge is 0.291 e. The third-order valence-corrected chi connectivity index (χ3v) is 4.37. The van der Waals surface area contributed by atoms with Gasteiger partial charge in [0.15, 0.2) is 5.82 Å². The van der Waals surface area contributed by atoms with Gasteiger partial charge in [0.25, 0.3) is 5.56 Å². The van der Waals surface area contributed by atoms with Crippen LogP contribution in [0.25, 0.3) is 11.0 Å². The monoisotopic (exact) mass is 320 g/mol. The fraction of sp³-hybridized carbons (Fsp3) is 0.0588. The average Bonchev–Trinajstić information content (AvgIpc) is 3.09. The first-order valence-electron chi connectivity index (χ1n) is 7.14. The highest BCUT2D eigenvalue weighted by atomic mass is 32.1. The predicted octanol–water partition coefficient (Wildman–Crippen LogP) is 1.68. The highest BCUT2D eigenvalue weighted by molar-refractivity contribution is 7.15. The molecule has 0 spiro atoms. The van der Waals surface area contributed by atoms with Crippen LogP contribution in [0.4, 0.5) is 0 Å². The van der Waals surface area contributed by atoms with E-state index in [0.717, 1.165) is 11.1 Å². The molecule has 0 fully saturated rings.